The fourth-order valence-corrected chi connectivity index (χ4v) is 7.50. The minimum Gasteiger partial charge on any atom is -0.394 e. The second kappa shape index (κ2) is 7.60. The van der Waals surface area contributed by atoms with Crippen molar-refractivity contribution in [3.8, 4) is 0 Å². The molecule has 0 aliphatic heterocycles. The fraction of sp³-hybridized carbons (Fsp3) is 0.864. The SMILES string of the molecule is C[C@]12CCCC(=O)C1CCC2C1(C/C=C/C(O[Si](C)(C)C)(C(F)(F)F)C(F)(F)F)CC1. The Balaban J connectivity index is 1.87. The fourth-order valence-electron chi connectivity index (χ4n) is 6.23. The van der Waals surface area contributed by atoms with Crippen LogP contribution in [0.25, 0.3) is 0 Å². The molecule has 3 fully saturated rings. The number of allylic oxidation sites excluding steroid dienone is 1. The largest absolute Gasteiger partial charge is 0.429 e. The monoisotopic (exact) mass is 470 g/mol. The predicted molar refractivity (Wildman–Crippen MR) is 108 cm³/mol. The highest BCUT2D eigenvalue weighted by molar-refractivity contribution is 6.69. The number of fused-ring (bicyclic) bond motifs is 1. The Morgan fingerprint density at radius 1 is 1.03 bits per heavy atom. The minimum absolute atomic E-state index is 0.0210. The Labute approximate surface area is 180 Å². The maximum atomic E-state index is 13.8. The summed E-state index contributed by atoms with van der Waals surface area (Å²) in [6, 6.07) is 0. The zero-order valence-corrected chi connectivity index (χ0v) is 19.6. The zero-order valence-electron chi connectivity index (χ0n) is 18.6. The summed E-state index contributed by atoms with van der Waals surface area (Å²) in [5.41, 5.74) is -4.79. The van der Waals surface area contributed by atoms with E-state index in [0.29, 0.717) is 6.42 Å². The molecule has 3 aliphatic carbocycles. The highest BCUT2D eigenvalue weighted by Gasteiger charge is 2.72. The van der Waals surface area contributed by atoms with Crippen LogP contribution in [0, 0.1) is 22.7 Å². The minimum atomic E-state index is -5.61. The average Bonchev–Trinajstić information content (AvgIpc) is 3.25. The van der Waals surface area contributed by atoms with E-state index in [4.69, 9.17) is 4.43 Å². The molecule has 0 amide bonds. The van der Waals surface area contributed by atoms with Crippen molar-refractivity contribution in [2.75, 3.05) is 0 Å². The van der Waals surface area contributed by atoms with Crippen molar-refractivity contribution in [2.24, 2.45) is 22.7 Å². The molecule has 3 rings (SSSR count). The van der Waals surface area contributed by atoms with Crippen LogP contribution < -0.4 is 0 Å². The molecule has 0 heterocycles. The van der Waals surface area contributed by atoms with Crippen LogP contribution in [0.4, 0.5) is 26.3 Å². The van der Waals surface area contributed by atoms with E-state index >= 15 is 0 Å². The van der Waals surface area contributed by atoms with Gasteiger partial charge in [-0.2, -0.15) is 26.3 Å². The Hall–Kier alpha value is -0.833. The summed E-state index contributed by atoms with van der Waals surface area (Å²) in [5.74, 6) is 0.398. The summed E-state index contributed by atoms with van der Waals surface area (Å²) >= 11 is 0. The number of rotatable bonds is 6. The van der Waals surface area contributed by atoms with Gasteiger partial charge in [0, 0.05) is 12.3 Å². The van der Waals surface area contributed by atoms with Crippen LogP contribution in [0.3, 0.4) is 0 Å². The third kappa shape index (κ3) is 4.37. The Morgan fingerprint density at radius 2 is 1.61 bits per heavy atom. The summed E-state index contributed by atoms with van der Waals surface area (Å²) in [6.07, 6.45) is -4.38. The number of carbonyl (C=O) groups is 1. The molecule has 0 aromatic carbocycles. The molecular weight excluding hydrogens is 438 g/mol. The molecule has 2 nitrogen and oxygen atoms in total. The van der Waals surface area contributed by atoms with Crippen LogP contribution in [0.2, 0.25) is 19.6 Å². The highest BCUT2D eigenvalue weighted by atomic mass is 28.4. The van der Waals surface area contributed by atoms with Gasteiger partial charge in [0.15, 0.2) is 8.32 Å². The van der Waals surface area contributed by atoms with Gasteiger partial charge in [-0.25, -0.2) is 0 Å². The lowest BCUT2D eigenvalue weighted by Crippen LogP contribution is -2.61. The first kappa shape index (κ1) is 24.8. The predicted octanol–water partition coefficient (Wildman–Crippen LogP) is 7.21. The molecule has 9 heteroatoms. The number of Topliss-reactive ketones (excluding diaryl/α,β-unsaturated/α-hetero) is 1. The molecule has 0 spiro atoms. The van der Waals surface area contributed by atoms with Gasteiger partial charge in [0.05, 0.1) is 0 Å². The lowest BCUT2D eigenvalue weighted by molar-refractivity contribution is -0.340. The summed E-state index contributed by atoms with van der Waals surface area (Å²) in [6.45, 7) is 6.04. The van der Waals surface area contributed by atoms with Crippen molar-refractivity contribution in [3.63, 3.8) is 0 Å². The van der Waals surface area contributed by atoms with E-state index in [2.05, 4.69) is 6.92 Å². The molecule has 31 heavy (non-hydrogen) atoms. The van der Waals surface area contributed by atoms with E-state index < -0.39 is 26.3 Å². The van der Waals surface area contributed by atoms with Crippen LogP contribution in [-0.2, 0) is 9.22 Å². The van der Waals surface area contributed by atoms with Crippen LogP contribution >= 0.6 is 0 Å². The molecule has 3 atom stereocenters. The van der Waals surface area contributed by atoms with E-state index in [1.165, 1.54) is 19.6 Å². The first-order chi connectivity index (χ1) is 14.0. The summed E-state index contributed by atoms with van der Waals surface area (Å²) < 4.78 is 87.3. The third-order valence-electron chi connectivity index (χ3n) is 7.68. The van der Waals surface area contributed by atoms with Crippen molar-refractivity contribution in [2.45, 2.75) is 95.9 Å². The summed E-state index contributed by atoms with van der Waals surface area (Å²) in [7, 11) is -3.19. The van der Waals surface area contributed by atoms with Gasteiger partial charge in [0.1, 0.15) is 5.78 Å². The second-order valence-corrected chi connectivity index (χ2v) is 15.4. The van der Waals surface area contributed by atoms with Crippen LogP contribution in [0.5, 0.6) is 0 Å². The molecule has 0 N–H and O–H groups in total. The number of hydrogen-bond donors (Lipinski definition) is 0. The highest BCUT2D eigenvalue weighted by Crippen LogP contribution is 2.68. The van der Waals surface area contributed by atoms with E-state index in [9.17, 15) is 31.1 Å². The molecule has 0 radical (unpaired) electrons. The molecule has 0 bridgehead atoms. The van der Waals surface area contributed by atoms with E-state index in [1.54, 1.807) is 0 Å². The lowest BCUT2D eigenvalue weighted by atomic mass is 9.60. The van der Waals surface area contributed by atoms with Gasteiger partial charge in [0.2, 0.25) is 0 Å². The Morgan fingerprint density at radius 3 is 2.10 bits per heavy atom. The second-order valence-electron chi connectivity index (χ2n) is 10.9. The van der Waals surface area contributed by atoms with Crippen molar-refractivity contribution in [1.29, 1.82) is 0 Å². The maximum absolute atomic E-state index is 13.8. The van der Waals surface area contributed by atoms with Gasteiger partial charge in [-0.05, 0) is 87.4 Å². The van der Waals surface area contributed by atoms with Crippen molar-refractivity contribution in [1.82, 2.24) is 0 Å². The molecule has 178 valence electrons. The van der Waals surface area contributed by atoms with Gasteiger partial charge in [-0.1, -0.05) is 13.0 Å². The van der Waals surface area contributed by atoms with Gasteiger partial charge >= 0.3 is 12.4 Å². The van der Waals surface area contributed by atoms with Crippen molar-refractivity contribution in [3.05, 3.63) is 12.2 Å². The Kier molecular flexibility index (Phi) is 6.08. The lowest BCUT2D eigenvalue weighted by Gasteiger charge is -2.43. The number of hydrogen-bond acceptors (Lipinski definition) is 2. The van der Waals surface area contributed by atoms with Gasteiger partial charge in [-0.3, -0.25) is 4.79 Å². The third-order valence-corrected chi connectivity index (χ3v) is 8.62. The average molecular weight is 471 g/mol. The topological polar surface area (TPSA) is 26.3 Å². The maximum Gasteiger partial charge on any atom is 0.429 e. The van der Waals surface area contributed by atoms with Gasteiger partial charge < -0.3 is 4.43 Å². The standard InChI is InChI=1S/C22H32F6O2Si/c1-18-10-5-7-16(29)15(18)8-9-17(18)19(13-14-19)11-6-12-20(21(23,24)25,22(26,27)28)30-31(2,3)4/h6,12,15,17H,5,7-11,13-14H2,1-4H3/b12-6+/t15?,17?,18-/m0/s1. The summed E-state index contributed by atoms with van der Waals surface area (Å²) in [4.78, 5) is 12.4. The molecule has 3 aliphatic rings. The van der Waals surface area contributed by atoms with Gasteiger partial charge in [0.25, 0.3) is 5.60 Å². The number of alkyl halides is 6. The smallest absolute Gasteiger partial charge is 0.394 e. The summed E-state index contributed by atoms with van der Waals surface area (Å²) in [5, 5.41) is 0. The van der Waals surface area contributed by atoms with Crippen molar-refractivity contribution >= 4 is 14.1 Å². The number of ketones is 1. The van der Waals surface area contributed by atoms with E-state index in [0.717, 1.165) is 44.6 Å². The molecular formula is C22H32F6O2Si. The van der Waals surface area contributed by atoms with Crippen LogP contribution in [0.1, 0.15) is 58.3 Å². The van der Waals surface area contributed by atoms with Crippen LogP contribution in [0.15, 0.2) is 12.2 Å². The quantitative estimate of drug-likeness (QED) is 0.233. The molecule has 0 aromatic heterocycles. The molecule has 2 unspecified atom stereocenters. The van der Waals surface area contributed by atoms with E-state index in [-0.39, 0.29) is 40.9 Å². The zero-order chi connectivity index (χ0) is 23.5. The first-order valence-corrected chi connectivity index (χ1v) is 14.4. The van der Waals surface area contributed by atoms with Crippen LogP contribution in [-0.4, -0.2) is 32.1 Å². The first-order valence-electron chi connectivity index (χ1n) is 11.0. The van der Waals surface area contributed by atoms with Gasteiger partial charge in [-0.15, -0.1) is 0 Å². The number of halogens is 6. The molecule has 0 aromatic rings. The normalized spacial score (nSPS) is 31.9. The van der Waals surface area contributed by atoms with E-state index in [1.807, 2.05) is 0 Å². The molecule has 0 saturated heterocycles. The number of carbonyl (C=O) groups excluding carboxylic acids is 1. The van der Waals surface area contributed by atoms with Crippen molar-refractivity contribution < 1.29 is 35.6 Å². The molecule has 3 saturated carbocycles. The Bertz CT molecular complexity index is 718.